The molecule has 4 saturated carbocycles. The number of carbonyl (C=O) groups is 1. The number of hydrogen-bond acceptors (Lipinski definition) is 3. The van der Waals surface area contributed by atoms with E-state index >= 15 is 0 Å². The van der Waals surface area contributed by atoms with Crippen molar-refractivity contribution in [2.24, 2.45) is 34.7 Å². The molecule has 4 bridgehead atoms. The summed E-state index contributed by atoms with van der Waals surface area (Å²) in [5, 5.41) is 14.6. The molecule has 0 spiro atoms. The summed E-state index contributed by atoms with van der Waals surface area (Å²) in [7, 11) is 0. The van der Waals surface area contributed by atoms with Crippen LogP contribution in [0.15, 0.2) is 5.10 Å². The minimum absolute atomic E-state index is 0.203. The molecule has 4 fully saturated rings. The van der Waals surface area contributed by atoms with Crippen LogP contribution >= 0.6 is 0 Å². The van der Waals surface area contributed by atoms with Gasteiger partial charge in [-0.25, -0.2) is 5.01 Å². The number of nitriles is 1. The Hall–Kier alpha value is -1.37. The second kappa shape index (κ2) is 4.06. The van der Waals surface area contributed by atoms with Crippen molar-refractivity contribution in [2.75, 3.05) is 6.54 Å². The molecule has 0 saturated heterocycles. The van der Waals surface area contributed by atoms with Crippen molar-refractivity contribution >= 4 is 11.6 Å². The normalized spacial score (nSPS) is 43.2. The summed E-state index contributed by atoms with van der Waals surface area (Å²) < 4.78 is 0. The van der Waals surface area contributed by atoms with Gasteiger partial charge in [0, 0.05) is 12.3 Å². The van der Waals surface area contributed by atoms with Crippen LogP contribution in [0.2, 0.25) is 0 Å². The maximum absolute atomic E-state index is 12.7. The van der Waals surface area contributed by atoms with E-state index in [9.17, 15) is 4.79 Å². The second-order valence-corrected chi connectivity index (χ2v) is 6.83. The molecule has 0 aromatic rings. The smallest absolute Gasteiger partial charge is 0.246 e. The number of hydrazone groups is 1. The van der Waals surface area contributed by atoms with Crippen molar-refractivity contribution in [1.82, 2.24) is 5.01 Å². The molecule has 0 N–H and O–H groups in total. The predicted octanol–water partition coefficient (Wildman–Crippen LogP) is 2.17. The number of hydrogen-bond donors (Lipinski definition) is 0. The van der Waals surface area contributed by atoms with Gasteiger partial charge in [0.25, 0.3) is 0 Å². The molecule has 1 aliphatic heterocycles. The molecule has 5 aliphatic rings. The van der Waals surface area contributed by atoms with Gasteiger partial charge in [-0.2, -0.15) is 10.4 Å². The van der Waals surface area contributed by atoms with Crippen LogP contribution in [0.25, 0.3) is 0 Å². The fraction of sp³-hybridized carbons (Fsp3) is 0.800. The van der Waals surface area contributed by atoms with E-state index in [-0.39, 0.29) is 11.8 Å². The largest absolute Gasteiger partial charge is 0.273 e. The molecule has 0 unspecified atom stereocenters. The Balaban J connectivity index is 1.55. The molecule has 19 heavy (non-hydrogen) atoms. The highest BCUT2D eigenvalue weighted by atomic mass is 16.2. The third kappa shape index (κ3) is 1.71. The molecule has 4 nitrogen and oxygen atoms in total. The van der Waals surface area contributed by atoms with E-state index in [0.29, 0.717) is 30.5 Å². The van der Waals surface area contributed by atoms with Crippen molar-refractivity contribution in [3.05, 3.63) is 0 Å². The molecule has 0 atom stereocenters. The summed E-state index contributed by atoms with van der Waals surface area (Å²) in [6.07, 6.45) is 7.07. The highest BCUT2D eigenvalue weighted by Gasteiger charge is 2.51. The Kier molecular flexibility index (Phi) is 2.45. The maximum atomic E-state index is 12.7. The van der Waals surface area contributed by atoms with E-state index < -0.39 is 0 Å². The lowest BCUT2D eigenvalue weighted by Crippen LogP contribution is -2.50. The van der Waals surface area contributed by atoms with Gasteiger partial charge in [0.2, 0.25) is 5.91 Å². The highest BCUT2D eigenvalue weighted by molar-refractivity contribution is 6.00. The molecule has 0 aromatic carbocycles. The fourth-order valence-electron chi connectivity index (χ4n) is 5.20. The Morgan fingerprint density at radius 1 is 1.16 bits per heavy atom. The zero-order valence-electron chi connectivity index (χ0n) is 11.1. The first-order chi connectivity index (χ1) is 9.24. The van der Waals surface area contributed by atoms with Crippen molar-refractivity contribution < 1.29 is 4.79 Å². The highest BCUT2D eigenvalue weighted by Crippen LogP contribution is 2.56. The van der Waals surface area contributed by atoms with Crippen LogP contribution < -0.4 is 0 Å². The van der Waals surface area contributed by atoms with Gasteiger partial charge >= 0.3 is 0 Å². The zero-order valence-corrected chi connectivity index (χ0v) is 11.1. The van der Waals surface area contributed by atoms with Crippen LogP contribution in [0.4, 0.5) is 0 Å². The van der Waals surface area contributed by atoms with Crippen LogP contribution in [0.5, 0.6) is 0 Å². The fourth-order valence-corrected chi connectivity index (χ4v) is 5.20. The summed E-state index contributed by atoms with van der Waals surface area (Å²) in [6, 6.07) is 2.07. The number of rotatable bonds is 1. The SMILES string of the molecule is N#CC1=NN(C(=O)C2C3CC4CC(C3)CC2C4)CC1. The lowest BCUT2D eigenvalue weighted by molar-refractivity contribution is -0.148. The Morgan fingerprint density at radius 2 is 1.79 bits per heavy atom. The van der Waals surface area contributed by atoms with Gasteiger partial charge in [-0.3, -0.25) is 4.79 Å². The van der Waals surface area contributed by atoms with Crippen LogP contribution in [0.3, 0.4) is 0 Å². The summed E-state index contributed by atoms with van der Waals surface area (Å²) in [5.41, 5.74) is 0.511. The minimum Gasteiger partial charge on any atom is -0.273 e. The lowest BCUT2D eigenvalue weighted by Gasteiger charge is -2.53. The zero-order chi connectivity index (χ0) is 13.0. The topological polar surface area (TPSA) is 56.5 Å². The van der Waals surface area contributed by atoms with E-state index in [1.54, 1.807) is 5.01 Å². The third-order valence-corrected chi connectivity index (χ3v) is 5.70. The van der Waals surface area contributed by atoms with Gasteiger partial charge in [0.15, 0.2) is 0 Å². The first-order valence-electron chi connectivity index (χ1n) is 7.53. The molecule has 5 rings (SSSR count). The van der Waals surface area contributed by atoms with Crippen LogP contribution in [-0.4, -0.2) is 23.2 Å². The monoisotopic (exact) mass is 257 g/mol. The Bertz CT molecular complexity index is 462. The third-order valence-electron chi connectivity index (χ3n) is 5.70. The Morgan fingerprint density at radius 3 is 2.32 bits per heavy atom. The standard InChI is InChI=1S/C15H19N3O/c16-8-13-1-2-18(17-13)15(19)14-11-4-9-3-10(6-11)7-12(14)5-9/h9-12,14H,1-7H2. The maximum Gasteiger partial charge on any atom is 0.246 e. The molecule has 0 radical (unpaired) electrons. The predicted molar refractivity (Wildman–Crippen MR) is 69.9 cm³/mol. The minimum atomic E-state index is 0.203. The number of amides is 1. The average molecular weight is 257 g/mol. The van der Waals surface area contributed by atoms with E-state index in [4.69, 9.17) is 5.26 Å². The van der Waals surface area contributed by atoms with Gasteiger partial charge in [-0.05, 0) is 55.8 Å². The number of nitrogens with zero attached hydrogens (tertiary/aromatic N) is 3. The average Bonchev–Trinajstić information content (AvgIpc) is 2.86. The summed E-state index contributed by atoms with van der Waals surface area (Å²) >= 11 is 0. The van der Waals surface area contributed by atoms with Gasteiger partial charge < -0.3 is 0 Å². The van der Waals surface area contributed by atoms with Gasteiger partial charge in [-0.15, -0.1) is 0 Å². The molecule has 100 valence electrons. The van der Waals surface area contributed by atoms with Crippen molar-refractivity contribution in [2.45, 2.75) is 38.5 Å². The quantitative estimate of drug-likeness (QED) is 0.723. The second-order valence-electron chi connectivity index (χ2n) is 6.83. The summed E-state index contributed by atoms with van der Waals surface area (Å²) in [6.45, 7) is 0.616. The Labute approximate surface area is 113 Å². The van der Waals surface area contributed by atoms with E-state index in [2.05, 4.69) is 11.2 Å². The van der Waals surface area contributed by atoms with Crippen molar-refractivity contribution in [3.63, 3.8) is 0 Å². The van der Waals surface area contributed by atoms with Crippen LogP contribution in [0, 0.1) is 40.9 Å². The van der Waals surface area contributed by atoms with Gasteiger partial charge in [0.1, 0.15) is 11.8 Å². The van der Waals surface area contributed by atoms with Gasteiger partial charge in [0.05, 0.1) is 6.54 Å². The summed E-state index contributed by atoms with van der Waals surface area (Å²) in [5.74, 6) is 3.40. The molecule has 1 heterocycles. The molecule has 1 amide bonds. The first-order valence-corrected chi connectivity index (χ1v) is 7.53. The van der Waals surface area contributed by atoms with E-state index in [1.807, 2.05) is 0 Å². The molecule has 0 aromatic heterocycles. The lowest BCUT2D eigenvalue weighted by atomic mass is 9.51. The molecule has 4 aliphatic carbocycles. The van der Waals surface area contributed by atoms with Crippen molar-refractivity contribution in [1.29, 1.82) is 5.26 Å². The molecular formula is C15H19N3O. The molecule has 4 heteroatoms. The van der Waals surface area contributed by atoms with E-state index in [0.717, 1.165) is 11.8 Å². The van der Waals surface area contributed by atoms with Crippen LogP contribution in [-0.2, 0) is 4.79 Å². The first kappa shape index (κ1) is 11.5. The van der Waals surface area contributed by atoms with Gasteiger partial charge in [-0.1, -0.05) is 0 Å². The molecular weight excluding hydrogens is 238 g/mol. The van der Waals surface area contributed by atoms with Crippen molar-refractivity contribution in [3.8, 4) is 6.07 Å². The van der Waals surface area contributed by atoms with E-state index in [1.165, 1.54) is 32.1 Å². The number of carbonyl (C=O) groups excluding carboxylic acids is 1. The summed E-state index contributed by atoms with van der Waals surface area (Å²) in [4.78, 5) is 12.7. The van der Waals surface area contributed by atoms with Crippen LogP contribution in [0.1, 0.15) is 38.5 Å².